The van der Waals surface area contributed by atoms with E-state index in [9.17, 15) is 9.59 Å². The molecule has 0 bridgehead atoms. The van der Waals surface area contributed by atoms with Crippen LogP contribution in [0.1, 0.15) is 18.1 Å². The number of hydrogen-bond acceptors (Lipinski definition) is 3. The monoisotopic (exact) mass is 452 g/mol. The quantitative estimate of drug-likeness (QED) is 0.690. The lowest BCUT2D eigenvalue weighted by Crippen LogP contribution is -2.48. The number of amides is 2. The predicted molar refractivity (Wildman–Crippen MR) is 110 cm³/mol. The molecule has 1 atom stereocenters. The Bertz CT molecular complexity index is 829. The van der Waals surface area contributed by atoms with Crippen LogP contribution in [0.15, 0.2) is 46.9 Å². The number of aryl methyl sites for hydroxylation is 1. The lowest BCUT2D eigenvalue weighted by atomic mass is 10.1. The molecule has 2 rings (SSSR count). The Morgan fingerprint density at radius 2 is 2.00 bits per heavy atom. The van der Waals surface area contributed by atoms with E-state index in [0.29, 0.717) is 17.3 Å². The molecule has 2 aromatic rings. The molecule has 0 fully saturated rings. The SMILES string of the molecule is CNC(=O)[C@@H](C)N(Cc1cccc(C)c1)C(=O)COc1ccc(Br)cc1Cl. The second-order valence-electron chi connectivity index (χ2n) is 6.16. The van der Waals surface area contributed by atoms with Gasteiger partial charge in [-0.3, -0.25) is 9.59 Å². The molecule has 0 saturated carbocycles. The number of rotatable bonds is 7. The third-order valence-electron chi connectivity index (χ3n) is 4.09. The number of likely N-dealkylation sites (N-methyl/N-ethyl adjacent to an activating group) is 1. The largest absolute Gasteiger partial charge is 0.482 e. The molecule has 7 heteroatoms. The Balaban J connectivity index is 2.15. The Kier molecular flexibility index (Phi) is 7.68. The van der Waals surface area contributed by atoms with Crippen LogP contribution in [0.3, 0.4) is 0 Å². The van der Waals surface area contributed by atoms with Gasteiger partial charge in [-0.2, -0.15) is 0 Å². The number of carbonyl (C=O) groups is 2. The summed E-state index contributed by atoms with van der Waals surface area (Å²) in [5.74, 6) is -0.124. The van der Waals surface area contributed by atoms with Crippen molar-refractivity contribution in [3.63, 3.8) is 0 Å². The molecule has 0 aliphatic carbocycles. The van der Waals surface area contributed by atoms with Crippen molar-refractivity contribution in [3.05, 3.63) is 63.1 Å². The maximum Gasteiger partial charge on any atom is 0.261 e. The van der Waals surface area contributed by atoms with Gasteiger partial charge in [-0.15, -0.1) is 0 Å². The van der Waals surface area contributed by atoms with Crippen LogP contribution in [-0.2, 0) is 16.1 Å². The maximum atomic E-state index is 12.8. The smallest absolute Gasteiger partial charge is 0.261 e. The summed E-state index contributed by atoms with van der Waals surface area (Å²) in [4.78, 5) is 26.4. The third-order valence-corrected chi connectivity index (χ3v) is 4.88. The lowest BCUT2D eigenvalue weighted by molar-refractivity contribution is -0.142. The van der Waals surface area contributed by atoms with E-state index in [1.54, 1.807) is 32.2 Å². The predicted octanol–water partition coefficient (Wildman–Crippen LogP) is 3.95. The van der Waals surface area contributed by atoms with Crippen molar-refractivity contribution < 1.29 is 14.3 Å². The van der Waals surface area contributed by atoms with Crippen LogP contribution < -0.4 is 10.1 Å². The number of nitrogens with one attached hydrogen (secondary N) is 1. The minimum atomic E-state index is -0.632. The lowest BCUT2D eigenvalue weighted by Gasteiger charge is -2.28. The molecule has 0 unspecified atom stereocenters. The molecule has 2 aromatic carbocycles. The fraction of sp³-hybridized carbons (Fsp3) is 0.300. The van der Waals surface area contributed by atoms with Gasteiger partial charge in [0.1, 0.15) is 11.8 Å². The van der Waals surface area contributed by atoms with Gasteiger partial charge in [0.25, 0.3) is 5.91 Å². The number of benzene rings is 2. The zero-order chi connectivity index (χ0) is 20.0. The van der Waals surface area contributed by atoms with E-state index < -0.39 is 6.04 Å². The number of halogens is 2. The molecule has 144 valence electrons. The molecule has 0 spiro atoms. The van der Waals surface area contributed by atoms with Gasteiger partial charge in [0.05, 0.1) is 5.02 Å². The van der Waals surface area contributed by atoms with E-state index in [0.717, 1.165) is 15.6 Å². The van der Waals surface area contributed by atoms with Crippen molar-refractivity contribution >= 4 is 39.3 Å². The van der Waals surface area contributed by atoms with Crippen LogP contribution in [0.25, 0.3) is 0 Å². The Morgan fingerprint density at radius 1 is 1.26 bits per heavy atom. The third kappa shape index (κ3) is 5.97. The second kappa shape index (κ2) is 9.76. The Morgan fingerprint density at radius 3 is 2.63 bits per heavy atom. The molecule has 0 saturated heterocycles. The van der Waals surface area contributed by atoms with E-state index in [1.807, 2.05) is 31.2 Å². The summed E-state index contributed by atoms with van der Waals surface area (Å²) in [5, 5.41) is 2.99. The van der Waals surface area contributed by atoms with Crippen LogP contribution in [0, 0.1) is 6.92 Å². The molecule has 0 aliphatic rings. The fourth-order valence-corrected chi connectivity index (χ4v) is 3.34. The van der Waals surface area contributed by atoms with Crippen LogP contribution in [0.2, 0.25) is 5.02 Å². The first-order valence-electron chi connectivity index (χ1n) is 8.46. The summed E-state index contributed by atoms with van der Waals surface area (Å²) < 4.78 is 6.40. The molecule has 0 radical (unpaired) electrons. The van der Waals surface area contributed by atoms with E-state index in [2.05, 4.69) is 21.2 Å². The maximum absolute atomic E-state index is 12.8. The number of hydrogen-bond donors (Lipinski definition) is 1. The highest BCUT2D eigenvalue weighted by Crippen LogP contribution is 2.27. The van der Waals surface area contributed by atoms with Crippen molar-refractivity contribution in [2.75, 3.05) is 13.7 Å². The zero-order valence-corrected chi connectivity index (χ0v) is 17.8. The van der Waals surface area contributed by atoms with Gasteiger partial charge in [-0.1, -0.05) is 57.4 Å². The molecule has 1 N–H and O–H groups in total. The van der Waals surface area contributed by atoms with Gasteiger partial charge in [0, 0.05) is 18.1 Å². The molecular formula is C20H22BrClN2O3. The topological polar surface area (TPSA) is 58.6 Å². The molecule has 0 aromatic heterocycles. The summed E-state index contributed by atoms with van der Waals surface area (Å²) in [7, 11) is 1.55. The van der Waals surface area contributed by atoms with Gasteiger partial charge in [0.2, 0.25) is 5.91 Å². The highest BCUT2D eigenvalue weighted by molar-refractivity contribution is 9.10. The highest BCUT2D eigenvalue weighted by atomic mass is 79.9. The van der Waals surface area contributed by atoms with Gasteiger partial charge >= 0.3 is 0 Å². The summed E-state index contributed by atoms with van der Waals surface area (Å²) in [6.07, 6.45) is 0. The normalized spacial score (nSPS) is 11.6. The minimum absolute atomic E-state index is 0.214. The first-order chi connectivity index (χ1) is 12.8. The number of nitrogens with zero attached hydrogens (tertiary/aromatic N) is 1. The van der Waals surface area contributed by atoms with Crippen molar-refractivity contribution in [2.24, 2.45) is 0 Å². The van der Waals surface area contributed by atoms with Gasteiger partial charge in [-0.25, -0.2) is 0 Å². The van der Waals surface area contributed by atoms with E-state index in [1.165, 1.54) is 4.90 Å². The van der Waals surface area contributed by atoms with E-state index >= 15 is 0 Å². The molecule has 0 heterocycles. The van der Waals surface area contributed by atoms with Crippen molar-refractivity contribution in [2.45, 2.75) is 26.4 Å². The zero-order valence-electron chi connectivity index (χ0n) is 15.5. The summed E-state index contributed by atoms with van der Waals surface area (Å²) in [5.41, 5.74) is 2.03. The molecule has 27 heavy (non-hydrogen) atoms. The van der Waals surface area contributed by atoms with Crippen molar-refractivity contribution in [1.29, 1.82) is 0 Å². The second-order valence-corrected chi connectivity index (χ2v) is 7.49. The Hall–Kier alpha value is -2.05. The highest BCUT2D eigenvalue weighted by Gasteiger charge is 2.26. The average Bonchev–Trinajstić information content (AvgIpc) is 2.64. The van der Waals surface area contributed by atoms with E-state index in [-0.39, 0.29) is 18.4 Å². The van der Waals surface area contributed by atoms with E-state index in [4.69, 9.17) is 16.3 Å². The minimum Gasteiger partial charge on any atom is -0.482 e. The van der Waals surface area contributed by atoms with Crippen molar-refractivity contribution in [1.82, 2.24) is 10.2 Å². The summed E-state index contributed by atoms with van der Waals surface area (Å²) >= 11 is 9.46. The number of ether oxygens (including phenoxy) is 1. The fourth-order valence-electron chi connectivity index (χ4n) is 2.61. The molecular weight excluding hydrogens is 432 g/mol. The summed E-state index contributed by atoms with van der Waals surface area (Å²) in [6.45, 7) is 3.77. The van der Waals surface area contributed by atoms with Crippen LogP contribution in [0.5, 0.6) is 5.75 Å². The Labute approximate surface area is 172 Å². The molecule has 2 amide bonds. The summed E-state index contributed by atoms with van der Waals surface area (Å²) in [6, 6.07) is 12.4. The van der Waals surface area contributed by atoms with Crippen LogP contribution >= 0.6 is 27.5 Å². The van der Waals surface area contributed by atoms with Gasteiger partial charge in [0.15, 0.2) is 6.61 Å². The standard InChI is InChI=1S/C20H22BrClN2O3/c1-13-5-4-6-15(9-13)11-24(14(2)20(26)23-3)19(25)12-27-18-8-7-16(21)10-17(18)22/h4-10,14H,11-12H2,1-3H3,(H,23,26)/t14-/m1/s1. The van der Waals surface area contributed by atoms with Crippen LogP contribution in [0.4, 0.5) is 0 Å². The van der Waals surface area contributed by atoms with Gasteiger partial charge < -0.3 is 15.0 Å². The molecule has 5 nitrogen and oxygen atoms in total. The average molecular weight is 454 g/mol. The van der Waals surface area contributed by atoms with Crippen LogP contribution in [-0.4, -0.2) is 36.4 Å². The van der Waals surface area contributed by atoms with Gasteiger partial charge in [-0.05, 0) is 37.6 Å². The first-order valence-corrected chi connectivity index (χ1v) is 9.63. The molecule has 0 aliphatic heterocycles. The number of carbonyl (C=O) groups excluding carboxylic acids is 2. The van der Waals surface area contributed by atoms with Crippen molar-refractivity contribution in [3.8, 4) is 5.75 Å². The first kappa shape index (κ1) is 21.3.